The molecule has 0 amide bonds. The van der Waals surface area contributed by atoms with Crippen LogP contribution in [-0.4, -0.2) is 26.5 Å². The van der Waals surface area contributed by atoms with Crippen molar-refractivity contribution < 1.29 is 4.79 Å². The Morgan fingerprint density at radius 2 is 1.34 bits per heavy atom. The van der Waals surface area contributed by atoms with Gasteiger partial charge < -0.3 is 0 Å². The molecule has 5 rings (SSSR count). The van der Waals surface area contributed by atoms with Gasteiger partial charge in [0, 0.05) is 11.1 Å². The SMILES string of the molecule is O=C(C(=Nc1ccccc1Cn1nnc2ccccc21)c1ccccc1)c1ccccc1. The van der Waals surface area contributed by atoms with Crippen molar-refractivity contribution in [2.75, 3.05) is 0 Å². The molecule has 4 aromatic carbocycles. The molecule has 0 atom stereocenters. The van der Waals surface area contributed by atoms with Gasteiger partial charge in [-0.2, -0.15) is 0 Å². The standard InChI is InChI=1S/C27H20N4O/c32-27(21-13-5-2-6-14-21)26(20-11-3-1-4-12-20)28-23-16-8-7-15-22(23)19-31-25-18-10-9-17-24(25)29-30-31/h1-18H,19H2. The minimum atomic E-state index is -0.113. The number of fused-ring (bicyclic) bond motifs is 1. The fourth-order valence-corrected chi connectivity index (χ4v) is 3.64. The van der Waals surface area contributed by atoms with E-state index >= 15 is 0 Å². The maximum absolute atomic E-state index is 13.4. The quantitative estimate of drug-likeness (QED) is 0.272. The largest absolute Gasteiger partial charge is 0.287 e. The predicted molar refractivity (Wildman–Crippen MR) is 126 cm³/mol. The highest BCUT2D eigenvalue weighted by molar-refractivity contribution is 6.51. The van der Waals surface area contributed by atoms with Gasteiger partial charge in [-0.15, -0.1) is 5.10 Å². The Balaban J connectivity index is 1.59. The number of rotatable bonds is 6. The van der Waals surface area contributed by atoms with Crippen molar-refractivity contribution in [3.63, 3.8) is 0 Å². The summed E-state index contributed by atoms with van der Waals surface area (Å²) in [5.74, 6) is -0.113. The van der Waals surface area contributed by atoms with E-state index in [1.54, 1.807) is 0 Å². The van der Waals surface area contributed by atoms with Crippen LogP contribution in [-0.2, 0) is 6.54 Å². The van der Waals surface area contributed by atoms with Crippen LogP contribution in [0, 0.1) is 0 Å². The highest BCUT2D eigenvalue weighted by Gasteiger charge is 2.17. The lowest BCUT2D eigenvalue weighted by molar-refractivity contribution is 0.106. The number of carbonyl (C=O) groups is 1. The normalized spacial score (nSPS) is 11.6. The summed E-state index contributed by atoms with van der Waals surface area (Å²) in [6, 6.07) is 34.5. The molecule has 5 heteroatoms. The van der Waals surface area contributed by atoms with Crippen molar-refractivity contribution in [1.82, 2.24) is 15.0 Å². The summed E-state index contributed by atoms with van der Waals surface area (Å²) in [5, 5.41) is 8.55. The summed E-state index contributed by atoms with van der Waals surface area (Å²) in [5.41, 5.74) is 5.28. The molecule has 1 heterocycles. The summed E-state index contributed by atoms with van der Waals surface area (Å²) >= 11 is 0. The van der Waals surface area contributed by atoms with E-state index in [9.17, 15) is 4.79 Å². The molecule has 0 bridgehead atoms. The highest BCUT2D eigenvalue weighted by atomic mass is 16.1. The number of carbonyl (C=O) groups excluding carboxylic acids is 1. The first-order valence-electron chi connectivity index (χ1n) is 10.4. The Labute approximate surface area is 185 Å². The fraction of sp³-hybridized carbons (Fsp3) is 0.0370. The lowest BCUT2D eigenvalue weighted by Crippen LogP contribution is -2.16. The second kappa shape index (κ2) is 8.78. The third kappa shape index (κ3) is 3.96. The molecule has 0 fully saturated rings. The molecule has 0 spiro atoms. The third-order valence-electron chi connectivity index (χ3n) is 5.26. The molecule has 0 saturated heterocycles. The number of benzene rings is 4. The van der Waals surface area contributed by atoms with E-state index in [2.05, 4.69) is 10.3 Å². The molecule has 0 N–H and O–H groups in total. The molecular weight excluding hydrogens is 396 g/mol. The lowest BCUT2D eigenvalue weighted by atomic mass is 10.0. The van der Waals surface area contributed by atoms with Gasteiger partial charge in [-0.3, -0.25) is 4.79 Å². The summed E-state index contributed by atoms with van der Waals surface area (Å²) < 4.78 is 1.85. The van der Waals surface area contributed by atoms with Gasteiger partial charge in [-0.05, 0) is 23.8 Å². The number of aromatic nitrogens is 3. The average Bonchev–Trinajstić information content (AvgIpc) is 3.27. The summed E-state index contributed by atoms with van der Waals surface area (Å²) in [4.78, 5) is 18.3. The van der Waals surface area contributed by atoms with E-state index in [-0.39, 0.29) is 5.78 Å². The van der Waals surface area contributed by atoms with E-state index < -0.39 is 0 Å². The molecular formula is C27H20N4O. The van der Waals surface area contributed by atoms with Crippen LogP contribution in [0.5, 0.6) is 0 Å². The van der Waals surface area contributed by atoms with Crippen molar-refractivity contribution in [2.24, 2.45) is 4.99 Å². The molecule has 5 aromatic rings. The van der Waals surface area contributed by atoms with Crippen LogP contribution in [0.2, 0.25) is 0 Å². The maximum Gasteiger partial charge on any atom is 0.211 e. The zero-order valence-corrected chi connectivity index (χ0v) is 17.3. The van der Waals surface area contributed by atoms with Crippen molar-refractivity contribution in [3.8, 4) is 0 Å². The van der Waals surface area contributed by atoms with Gasteiger partial charge in [0.25, 0.3) is 0 Å². The van der Waals surface area contributed by atoms with Gasteiger partial charge >= 0.3 is 0 Å². The van der Waals surface area contributed by atoms with Gasteiger partial charge in [-0.25, -0.2) is 9.67 Å². The first-order valence-corrected chi connectivity index (χ1v) is 10.4. The summed E-state index contributed by atoms with van der Waals surface area (Å²) in [6.45, 7) is 0.502. The molecule has 154 valence electrons. The van der Waals surface area contributed by atoms with Crippen LogP contribution in [0.15, 0.2) is 114 Å². The van der Waals surface area contributed by atoms with Crippen molar-refractivity contribution in [1.29, 1.82) is 0 Å². The van der Waals surface area contributed by atoms with E-state index in [1.165, 1.54) is 0 Å². The number of para-hydroxylation sites is 2. The number of nitrogens with zero attached hydrogens (tertiary/aromatic N) is 4. The topological polar surface area (TPSA) is 60.1 Å². The lowest BCUT2D eigenvalue weighted by Gasteiger charge is -2.10. The number of ketones is 1. The van der Waals surface area contributed by atoms with Gasteiger partial charge in [0.2, 0.25) is 5.78 Å². The molecule has 0 aliphatic heterocycles. The Bertz CT molecular complexity index is 1410. The van der Waals surface area contributed by atoms with Crippen molar-refractivity contribution in [3.05, 3.63) is 126 Å². The summed E-state index contributed by atoms with van der Waals surface area (Å²) in [6.07, 6.45) is 0. The van der Waals surface area contributed by atoms with Crippen molar-refractivity contribution in [2.45, 2.75) is 6.54 Å². The van der Waals surface area contributed by atoms with Crippen molar-refractivity contribution >= 4 is 28.2 Å². The highest BCUT2D eigenvalue weighted by Crippen LogP contribution is 2.23. The van der Waals surface area contributed by atoms with E-state index in [0.717, 1.165) is 27.8 Å². The Hall–Kier alpha value is -4.38. The minimum absolute atomic E-state index is 0.113. The van der Waals surface area contributed by atoms with Crippen LogP contribution < -0.4 is 0 Å². The molecule has 0 radical (unpaired) electrons. The van der Waals surface area contributed by atoms with Gasteiger partial charge in [-0.1, -0.05) is 96.2 Å². The Morgan fingerprint density at radius 1 is 0.719 bits per heavy atom. The van der Waals surface area contributed by atoms with Crippen LogP contribution in [0.3, 0.4) is 0 Å². The van der Waals surface area contributed by atoms with Crippen LogP contribution in [0.25, 0.3) is 11.0 Å². The first kappa shape index (κ1) is 19.6. The second-order valence-electron chi connectivity index (χ2n) is 7.39. The Kier molecular flexibility index (Phi) is 5.37. The fourth-order valence-electron chi connectivity index (χ4n) is 3.64. The van der Waals surface area contributed by atoms with Gasteiger partial charge in [0.05, 0.1) is 17.7 Å². The number of aliphatic imine (C=N–C) groups is 1. The second-order valence-corrected chi connectivity index (χ2v) is 7.39. The predicted octanol–water partition coefficient (Wildman–Crippen LogP) is 5.48. The molecule has 1 aromatic heterocycles. The van der Waals surface area contributed by atoms with Gasteiger partial charge in [0.15, 0.2) is 0 Å². The third-order valence-corrected chi connectivity index (χ3v) is 5.26. The first-order chi connectivity index (χ1) is 15.8. The minimum Gasteiger partial charge on any atom is -0.287 e. The van der Waals surface area contributed by atoms with Gasteiger partial charge in [0.1, 0.15) is 11.2 Å². The zero-order valence-electron chi connectivity index (χ0n) is 17.3. The molecule has 0 aliphatic rings. The van der Waals surface area contributed by atoms with Crippen LogP contribution in [0.4, 0.5) is 5.69 Å². The van der Waals surface area contributed by atoms with E-state index in [4.69, 9.17) is 4.99 Å². The molecule has 5 nitrogen and oxygen atoms in total. The van der Waals surface area contributed by atoms with E-state index in [0.29, 0.717) is 17.8 Å². The number of hydrogen-bond acceptors (Lipinski definition) is 4. The summed E-state index contributed by atoms with van der Waals surface area (Å²) in [7, 11) is 0. The molecule has 0 unspecified atom stereocenters. The van der Waals surface area contributed by atoms with Crippen LogP contribution >= 0.6 is 0 Å². The smallest absolute Gasteiger partial charge is 0.211 e. The number of hydrogen-bond donors (Lipinski definition) is 0. The van der Waals surface area contributed by atoms with E-state index in [1.807, 2.05) is 114 Å². The molecule has 32 heavy (non-hydrogen) atoms. The monoisotopic (exact) mass is 416 g/mol. The zero-order chi connectivity index (χ0) is 21.8. The van der Waals surface area contributed by atoms with Crippen LogP contribution in [0.1, 0.15) is 21.5 Å². The maximum atomic E-state index is 13.4. The average molecular weight is 416 g/mol. The molecule has 0 aliphatic carbocycles. The number of Topliss-reactive ketones (excluding diaryl/α,β-unsaturated/α-hetero) is 1. The molecule has 0 saturated carbocycles. The Morgan fingerprint density at radius 3 is 2.12 bits per heavy atom.